The average molecular weight is 919 g/mol. The van der Waals surface area contributed by atoms with Gasteiger partial charge in [0.15, 0.2) is 0 Å². The molecule has 0 aromatic carbocycles. The Balaban J connectivity index is 2.44. The van der Waals surface area contributed by atoms with Gasteiger partial charge in [-0.2, -0.15) is 0 Å². The average Bonchev–Trinajstić information content (AvgIpc) is 3.28. The highest BCUT2D eigenvalue weighted by Gasteiger charge is 2.51. The molecule has 1 fully saturated rings. The Bertz CT molecular complexity index is 1470. The van der Waals surface area contributed by atoms with Crippen LogP contribution in [-0.2, 0) is 27.9 Å². The van der Waals surface area contributed by atoms with Crippen LogP contribution < -0.4 is 0 Å². The third-order valence-electron chi connectivity index (χ3n) is 10.1. The molecule has 364 valence electrons. The molecule has 0 saturated heterocycles. The fourth-order valence-corrected chi connectivity index (χ4v) is 7.41. The van der Waals surface area contributed by atoms with Crippen molar-refractivity contribution in [1.82, 2.24) is 0 Å². The molecule has 1 aliphatic carbocycles. The lowest BCUT2D eigenvalue weighted by Crippen LogP contribution is -2.64. The van der Waals surface area contributed by atoms with Crippen molar-refractivity contribution in [2.45, 2.75) is 185 Å². The Morgan fingerprint density at radius 3 is 1.33 bits per heavy atom. The van der Waals surface area contributed by atoms with Gasteiger partial charge in [0.25, 0.3) is 0 Å². The number of unbranched alkanes of at least 4 members (excludes halogenated alkanes) is 8. The number of carbonyl (C=O) groups excluding carboxylic acids is 1. The highest BCUT2D eigenvalue weighted by Crippen LogP contribution is 2.47. The molecule has 64 heavy (non-hydrogen) atoms. The first-order chi connectivity index (χ1) is 31.0. The van der Waals surface area contributed by atoms with Gasteiger partial charge in [-0.1, -0.05) is 155 Å². The molecule has 12 nitrogen and oxygen atoms in total. The first-order valence-electron chi connectivity index (χ1n) is 23.7. The van der Waals surface area contributed by atoms with Gasteiger partial charge in [-0.15, -0.1) is 0 Å². The number of esters is 1. The first-order valence-corrected chi connectivity index (χ1v) is 25.2. The third-order valence-corrected chi connectivity index (χ3v) is 11.1. The van der Waals surface area contributed by atoms with Gasteiger partial charge in [0.2, 0.25) is 0 Å². The fourth-order valence-electron chi connectivity index (χ4n) is 6.44. The van der Waals surface area contributed by atoms with Crippen LogP contribution >= 0.6 is 7.82 Å². The van der Waals surface area contributed by atoms with Crippen molar-refractivity contribution >= 4 is 13.8 Å². The highest BCUT2D eigenvalue weighted by molar-refractivity contribution is 7.47. The molecule has 0 radical (unpaired) electrons. The van der Waals surface area contributed by atoms with E-state index in [1.165, 1.54) is 19.3 Å². The van der Waals surface area contributed by atoms with Crippen LogP contribution in [0, 0.1) is 0 Å². The lowest BCUT2D eigenvalue weighted by Gasteiger charge is -2.41. The van der Waals surface area contributed by atoms with E-state index in [2.05, 4.69) is 111 Å². The van der Waals surface area contributed by atoms with Crippen LogP contribution in [0.4, 0.5) is 0 Å². The molecular formula is C51H83O12P. The minimum absolute atomic E-state index is 0.0973. The van der Waals surface area contributed by atoms with Crippen molar-refractivity contribution in [2.24, 2.45) is 0 Å². The van der Waals surface area contributed by atoms with Gasteiger partial charge in [0, 0.05) is 13.0 Å². The third kappa shape index (κ3) is 31.8. The van der Waals surface area contributed by atoms with E-state index in [0.717, 1.165) is 89.9 Å². The van der Waals surface area contributed by atoms with Crippen molar-refractivity contribution in [1.29, 1.82) is 0 Å². The maximum Gasteiger partial charge on any atom is 0.472 e. The van der Waals surface area contributed by atoms with Crippen LogP contribution in [0.5, 0.6) is 0 Å². The van der Waals surface area contributed by atoms with E-state index in [1.54, 1.807) is 0 Å². The zero-order valence-electron chi connectivity index (χ0n) is 38.8. The van der Waals surface area contributed by atoms with E-state index >= 15 is 0 Å². The summed E-state index contributed by atoms with van der Waals surface area (Å²) in [6, 6.07) is 0. The van der Waals surface area contributed by atoms with Crippen LogP contribution in [0.2, 0.25) is 0 Å². The van der Waals surface area contributed by atoms with Crippen LogP contribution in [0.25, 0.3) is 0 Å². The SMILES string of the molecule is CC/C=C\C/C=C\C/C=C\C/C=C\C/C=C\CCCC(=O)OC(COCCCCCCCCC/C=C\C/C=C\C/C=C\C/C=C\CC)COP(=O)(O)OC1C(O)C(O)C(O)C(O)C1O. The number of ether oxygens (including phenoxy) is 2. The molecule has 1 rings (SSSR count). The van der Waals surface area contributed by atoms with Crippen LogP contribution in [0.3, 0.4) is 0 Å². The molecule has 1 aliphatic rings. The van der Waals surface area contributed by atoms with E-state index in [4.69, 9.17) is 18.5 Å². The number of phosphoric acid groups is 1. The van der Waals surface area contributed by atoms with Crippen molar-refractivity contribution in [2.75, 3.05) is 19.8 Å². The van der Waals surface area contributed by atoms with Crippen molar-refractivity contribution in [3.63, 3.8) is 0 Å². The molecule has 6 atom stereocenters. The summed E-state index contributed by atoms with van der Waals surface area (Å²) < 4.78 is 34.1. The standard InChI is InChI=1S/C51H83O12P/c1-3-5-7-9-11-13-15-17-19-21-22-23-25-27-29-31-33-35-37-39-41-60-42-44(43-61-64(58,59)63-51-49(56)47(54)46(53)48(55)50(51)57)62-45(52)40-38-36-34-32-30-28-26-24-20-18-16-14-12-10-8-6-4-2/h5-8,11-14,17-20,22-23,26,28,32,34,44,46-51,53-57H,3-4,9-10,15-16,21,24-25,27,29-31,33,35-43H2,1-2H3,(H,58,59)/b7-5-,8-6-,13-11-,14-12-,19-17-,20-18-,23-22-,28-26-,34-32-. The zero-order valence-corrected chi connectivity index (χ0v) is 39.7. The van der Waals surface area contributed by atoms with Crippen molar-refractivity contribution in [3.05, 3.63) is 109 Å². The van der Waals surface area contributed by atoms with Gasteiger partial charge in [0.1, 0.15) is 42.7 Å². The van der Waals surface area contributed by atoms with Gasteiger partial charge in [0.05, 0.1) is 13.2 Å². The summed E-state index contributed by atoms with van der Waals surface area (Å²) in [5, 5.41) is 50.2. The monoisotopic (exact) mass is 919 g/mol. The van der Waals surface area contributed by atoms with Crippen LogP contribution in [0.15, 0.2) is 109 Å². The molecule has 0 aromatic heterocycles. The number of allylic oxidation sites excluding steroid dienone is 18. The lowest BCUT2D eigenvalue weighted by atomic mass is 9.85. The largest absolute Gasteiger partial charge is 0.472 e. The molecule has 6 unspecified atom stereocenters. The second-order valence-electron chi connectivity index (χ2n) is 15.8. The molecular weight excluding hydrogens is 836 g/mol. The van der Waals surface area contributed by atoms with E-state index in [1.807, 2.05) is 12.2 Å². The smallest absolute Gasteiger partial charge is 0.457 e. The van der Waals surface area contributed by atoms with Gasteiger partial charge in [-0.05, 0) is 89.9 Å². The number of phosphoric ester groups is 1. The van der Waals surface area contributed by atoms with E-state index in [0.29, 0.717) is 19.4 Å². The first kappa shape index (κ1) is 59.0. The van der Waals surface area contributed by atoms with Gasteiger partial charge >= 0.3 is 13.8 Å². The van der Waals surface area contributed by atoms with E-state index < -0.39 is 63.1 Å². The summed E-state index contributed by atoms with van der Waals surface area (Å²) in [6.07, 6.45) is 44.4. The maximum absolute atomic E-state index is 12.8. The summed E-state index contributed by atoms with van der Waals surface area (Å²) in [7, 11) is -5.05. The number of hydrogen-bond donors (Lipinski definition) is 6. The Labute approximate surface area is 385 Å². The number of rotatable bonds is 38. The van der Waals surface area contributed by atoms with Gasteiger partial charge in [-0.25, -0.2) is 4.57 Å². The molecule has 0 aromatic rings. The molecule has 0 heterocycles. The Hall–Kier alpha value is -3.00. The molecule has 1 saturated carbocycles. The van der Waals surface area contributed by atoms with Crippen LogP contribution in [-0.4, -0.2) is 98.9 Å². The predicted molar refractivity (Wildman–Crippen MR) is 257 cm³/mol. The van der Waals surface area contributed by atoms with E-state index in [9.17, 15) is 39.8 Å². The number of aliphatic hydroxyl groups is 5. The zero-order chi connectivity index (χ0) is 46.9. The Morgan fingerprint density at radius 1 is 0.500 bits per heavy atom. The van der Waals surface area contributed by atoms with Crippen molar-refractivity contribution < 1.29 is 58.3 Å². The molecule has 6 N–H and O–H groups in total. The topological polar surface area (TPSA) is 192 Å². The van der Waals surface area contributed by atoms with E-state index in [-0.39, 0.29) is 13.0 Å². The minimum Gasteiger partial charge on any atom is -0.457 e. The highest BCUT2D eigenvalue weighted by atomic mass is 31.2. The molecule has 0 bridgehead atoms. The molecule has 0 aliphatic heterocycles. The Kier molecular flexibility index (Phi) is 37.2. The normalized spacial score (nSPS) is 22.7. The van der Waals surface area contributed by atoms with Crippen molar-refractivity contribution in [3.8, 4) is 0 Å². The summed E-state index contributed by atoms with van der Waals surface area (Å²) >= 11 is 0. The minimum atomic E-state index is -5.05. The second kappa shape index (κ2) is 40.3. The summed E-state index contributed by atoms with van der Waals surface area (Å²) in [6.45, 7) is 3.92. The predicted octanol–water partition coefficient (Wildman–Crippen LogP) is 10.1. The summed E-state index contributed by atoms with van der Waals surface area (Å²) in [5.41, 5.74) is 0. The van der Waals surface area contributed by atoms with Gasteiger partial charge in [-0.3, -0.25) is 13.8 Å². The fraction of sp³-hybridized carbons (Fsp3) is 0.627. The molecule has 0 amide bonds. The number of carbonyl (C=O) groups is 1. The quantitative estimate of drug-likeness (QED) is 0.0149. The molecule has 13 heteroatoms. The maximum atomic E-state index is 12.8. The summed E-state index contributed by atoms with van der Waals surface area (Å²) in [4.78, 5) is 23.2. The van der Waals surface area contributed by atoms with Crippen LogP contribution in [0.1, 0.15) is 142 Å². The number of aliphatic hydroxyl groups excluding tert-OH is 5. The summed E-state index contributed by atoms with van der Waals surface area (Å²) in [5.74, 6) is -0.543. The van der Waals surface area contributed by atoms with Gasteiger partial charge < -0.3 is 39.9 Å². The number of hydrogen-bond acceptors (Lipinski definition) is 11. The lowest BCUT2D eigenvalue weighted by molar-refractivity contribution is -0.220. The molecule has 0 spiro atoms. The Morgan fingerprint density at radius 2 is 0.875 bits per heavy atom. The second-order valence-corrected chi connectivity index (χ2v) is 17.2.